The first-order chi connectivity index (χ1) is 5.59. The second-order valence-electron chi connectivity index (χ2n) is 4.12. The van der Waals surface area contributed by atoms with E-state index in [4.69, 9.17) is 5.73 Å². The molecule has 1 rings (SSSR count). The van der Waals surface area contributed by atoms with Crippen molar-refractivity contribution in [3.8, 4) is 0 Å². The summed E-state index contributed by atoms with van der Waals surface area (Å²) in [7, 11) is 0. The summed E-state index contributed by atoms with van der Waals surface area (Å²) in [4.78, 5) is 2.17. The van der Waals surface area contributed by atoms with E-state index in [2.05, 4.69) is 18.7 Å². The first kappa shape index (κ1) is 9.93. The minimum absolute atomic E-state index is 0.228. The normalized spacial score (nSPS) is 32.8. The van der Waals surface area contributed by atoms with Crippen LogP contribution in [0.1, 0.15) is 20.3 Å². The molecular weight excluding hydrogens is 155 g/mol. The van der Waals surface area contributed by atoms with Crippen molar-refractivity contribution in [1.29, 1.82) is 0 Å². The highest BCUT2D eigenvalue weighted by atomic mass is 19.1. The van der Waals surface area contributed by atoms with Gasteiger partial charge in [0, 0.05) is 19.1 Å². The predicted octanol–water partition coefficient (Wildman–Crippen LogP) is 1.01. The molecule has 3 heteroatoms. The Balaban J connectivity index is 2.30. The molecule has 1 fully saturated rings. The summed E-state index contributed by atoms with van der Waals surface area (Å²) in [6, 6.07) is -0.228. The van der Waals surface area contributed by atoms with Crippen molar-refractivity contribution in [3.05, 3.63) is 0 Å². The molecule has 0 aromatic carbocycles. The topological polar surface area (TPSA) is 29.3 Å². The van der Waals surface area contributed by atoms with E-state index in [0.717, 1.165) is 19.5 Å². The third-order valence-electron chi connectivity index (χ3n) is 2.30. The summed E-state index contributed by atoms with van der Waals surface area (Å²) in [5, 5.41) is 0. The van der Waals surface area contributed by atoms with Gasteiger partial charge in [-0.15, -0.1) is 0 Å². The van der Waals surface area contributed by atoms with E-state index in [-0.39, 0.29) is 6.04 Å². The molecule has 12 heavy (non-hydrogen) atoms. The molecule has 0 aromatic rings. The van der Waals surface area contributed by atoms with Crippen LogP contribution in [0, 0.1) is 5.92 Å². The maximum Gasteiger partial charge on any atom is 0.128 e. The molecule has 0 saturated carbocycles. The molecule has 2 N–H and O–H groups in total. The molecule has 1 aliphatic rings. The fourth-order valence-corrected chi connectivity index (χ4v) is 1.67. The van der Waals surface area contributed by atoms with Gasteiger partial charge in [0.1, 0.15) is 6.17 Å². The highest BCUT2D eigenvalue weighted by molar-refractivity contribution is 4.82. The van der Waals surface area contributed by atoms with Gasteiger partial charge in [-0.1, -0.05) is 13.8 Å². The number of rotatable bonds is 2. The lowest BCUT2D eigenvalue weighted by Gasteiger charge is -2.33. The minimum Gasteiger partial charge on any atom is -0.325 e. The molecule has 2 nitrogen and oxygen atoms in total. The molecule has 0 bridgehead atoms. The summed E-state index contributed by atoms with van der Waals surface area (Å²) >= 11 is 0. The zero-order valence-corrected chi connectivity index (χ0v) is 7.96. The second-order valence-corrected chi connectivity index (χ2v) is 4.12. The van der Waals surface area contributed by atoms with Crippen molar-refractivity contribution in [2.45, 2.75) is 32.5 Å². The lowest BCUT2D eigenvalue weighted by Crippen LogP contribution is -2.49. The number of alkyl halides is 1. The van der Waals surface area contributed by atoms with Crippen LogP contribution in [0.25, 0.3) is 0 Å². The monoisotopic (exact) mass is 174 g/mol. The number of likely N-dealkylation sites (tertiary alicyclic amines) is 1. The van der Waals surface area contributed by atoms with Gasteiger partial charge in [-0.2, -0.15) is 0 Å². The van der Waals surface area contributed by atoms with Crippen LogP contribution >= 0.6 is 0 Å². The van der Waals surface area contributed by atoms with E-state index in [9.17, 15) is 4.39 Å². The maximum absolute atomic E-state index is 13.1. The zero-order valence-electron chi connectivity index (χ0n) is 7.96. The molecule has 1 heterocycles. The summed E-state index contributed by atoms with van der Waals surface area (Å²) in [6.07, 6.45) is -0.0223. The first-order valence-electron chi connectivity index (χ1n) is 4.71. The fraction of sp³-hybridized carbons (Fsp3) is 1.00. The molecule has 0 radical (unpaired) electrons. The average Bonchev–Trinajstić information content (AvgIpc) is 1.96. The van der Waals surface area contributed by atoms with Crippen molar-refractivity contribution >= 4 is 0 Å². The summed E-state index contributed by atoms with van der Waals surface area (Å²) in [5.41, 5.74) is 5.57. The number of nitrogens with zero attached hydrogens (tertiary/aromatic N) is 1. The third kappa shape index (κ3) is 2.72. The molecular formula is C9H19FN2. The molecule has 0 spiro atoms. The van der Waals surface area contributed by atoms with Crippen molar-refractivity contribution in [2.24, 2.45) is 11.7 Å². The molecule has 2 atom stereocenters. The number of hydrogen-bond donors (Lipinski definition) is 1. The van der Waals surface area contributed by atoms with Gasteiger partial charge in [0.25, 0.3) is 0 Å². The van der Waals surface area contributed by atoms with Crippen molar-refractivity contribution in [3.63, 3.8) is 0 Å². The Morgan fingerprint density at radius 1 is 1.58 bits per heavy atom. The summed E-state index contributed by atoms with van der Waals surface area (Å²) in [5.74, 6) is 0.617. The molecule has 0 aliphatic carbocycles. The Bertz CT molecular complexity index is 138. The van der Waals surface area contributed by atoms with Gasteiger partial charge in [-0.25, -0.2) is 4.39 Å². The highest BCUT2D eigenvalue weighted by Crippen LogP contribution is 2.13. The van der Waals surface area contributed by atoms with Gasteiger partial charge in [-0.3, -0.25) is 0 Å². The number of hydrogen-bond acceptors (Lipinski definition) is 2. The quantitative estimate of drug-likeness (QED) is 0.677. The van der Waals surface area contributed by atoms with Crippen molar-refractivity contribution < 1.29 is 4.39 Å². The molecule has 72 valence electrons. The fourth-order valence-electron chi connectivity index (χ4n) is 1.67. The van der Waals surface area contributed by atoms with Gasteiger partial charge in [0.15, 0.2) is 0 Å². The molecule has 1 aliphatic heterocycles. The SMILES string of the molecule is CC(C)CN1CC[C@@H](N)[C@@H](F)C1. The lowest BCUT2D eigenvalue weighted by molar-refractivity contribution is 0.110. The average molecular weight is 174 g/mol. The highest BCUT2D eigenvalue weighted by Gasteiger charge is 2.26. The van der Waals surface area contributed by atoms with Crippen LogP contribution < -0.4 is 5.73 Å². The van der Waals surface area contributed by atoms with Gasteiger partial charge in [0.2, 0.25) is 0 Å². The van der Waals surface area contributed by atoms with Crippen LogP contribution in [0.3, 0.4) is 0 Å². The summed E-state index contributed by atoms with van der Waals surface area (Å²) in [6.45, 7) is 6.79. The maximum atomic E-state index is 13.1. The largest absolute Gasteiger partial charge is 0.325 e. The Kier molecular flexibility index (Phi) is 3.47. The number of halogens is 1. The smallest absolute Gasteiger partial charge is 0.128 e. The Hall–Kier alpha value is -0.150. The Morgan fingerprint density at radius 2 is 2.25 bits per heavy atom. The Labute approximate surface area is 73.9 Å². The van der Waals surface area contributed by atoms with E-state index in [1.165, 1.54) is 0 Å². The van der Waals surface area contributed by atoms with Crippen molar-refractivity contribution in [1.82, 2.24) is 4.90 Å². The van der Waals surface area contributed by atoms with Gasteiger partial charge >= 0.3 is 0 Å². The van der Waals surface area contributed by atoms with Crippen LogP contribution in [0.2, 0.25) is 0 Å². The predicted molar refractivity (Wildman–Crippen MR) is 48.8 cm³/mol. The van der Waals surface area contributed by atoms with E-state index in [0.29, 0.717) is 12.5 Å². The Morgan fingerprint density at radius 3 is 2.75 bits per heavy atom. The molecule has 0 amide bonds. The van der Waals surface area contributed by atoms with Crippen LogP contribution in [0.15, 0.2) is 0 Å². The first-order valence-corrected chi connectivity index (χ1v) is 4.71. The second kappa shape index (κ2) is 4.19. The van der Waals surface area contributed by atoms with Gasteiger partial charge in [0.05, 0.1) is 0 Å². The lowest BCUT2D eigenvalue weighted by atomic mass is 10.0. The van der Waals surface area contributed by atoms with Crippen LogP contribution in [0.4, 0.5) is 4.39 Å². The van der Waals surface area contributed by atoms with Crippen LogP contribution in [-0.4, -0.2) is 36.7 Å². The van der Waals surface area contributed by atoms with E-state index < -0.39 is 6.17 Å². The molecule has 0 unspecified atom stereocenters. The molecule has 0 aromatic heterocycles. The molecule has 1 saturated heterocycles. The van der Waals surface area contributed by atoms with Gasteiger partial charge < -0.3 is 10.6 Å². The van der Waals surface area contributed by atoms with Crippen LogP contribution in [-0.2, 0) is 0 Å². The van der Waals surface area contributed by atoms with Gasteiger partial charge in [-0.05, 0) is 18.9 Å². The standard InChI is InChI=1S/C9H19FN2/c1-7(2)5-12-4-3-9(11)8(10)6-12/h7-9H,3-6,11H2,1-2H3/t8-,9+/m0/s1. The van der Waals surface area contributed by atoms with Crippen molar-refractivity contribution in [2.75, 3.05) is 19.6 Å². The number of nitrogens with two attached hydrogens (primary N) is 1. The van der Waals surface area contributed by atoms with Crippen LogP contribution in [0.5, 0.6) is 0 Å². The van der Waals surface area contributed by atoms with E-state index in [1.54, 1.807) is 0 Å². The third-order valence-corrected chi connectivity index (χ3v) is 2.30. The minimum atomic E-state index is -0.822. The van der Waals surface area contributed by atoms with E-state index in [1.807, 2.05) is 0 Å². The van der Waals surface area contributed by atoms with E-state index >= 15 is 0 Å². The zero-order chi connectivity index (χ0) is 9.14. The number of piperidine rings is 1. The summed E-state index contributed by atoms with van der Waals surface area (Å²) < 4.78 is 13.1.